The van der Waals surface area contributed by atoms with Crippen molar-refractivity contribution in [1.82, 2.24) is 10.6 Å². The Kier molecular flexibility index (Phi) is 5.11. The largest absolute Gasteiger partial charge is 0.393 e. The Morgan fingerprint density at radius 1 is 1.14 bits per heavy atom. The molecule has 22 heavy (non-hydrogen) atoms. The van der Waals surface area contributed by atoms with Gasteiger partial charge in [0.1, 0.15) is 0 Å². The number of carbonyl (C=O) groups is 1. The van der Waals surface area contributed by atoms with Gasteiger partial charge < -0.3 is 15.7 Å². The predicted molar refractivity (Wildman–Crippen MR) is 86.2 cm³/mol. The van der Waals surface area contributed by atoms with Crippen LogP contribution in [-0.2, 0) is 11.3 Å². The standard InChI is InChI=1S/C18H26N2O2/c21-16-8-6-15(7-9-16)20-18(22)17-10-14(17)12-19-11-13-4-2-1-3-5-13/h1-5,14-17,19,21H,6-12H2,(H,20,22). The maximum absolute atomic E-state index is 12.2. The van der Waals surface area contributed by atoms with Crippen molar-refractivity contribution in [3.8, 4) is 0 Å². The van der Waals surface area contributed by atoms with E-state index in [9.17, 15) is 9.90 Å². The minimum atomic E-state index is -0.163. The fourth-order valence-electron chi connectivity index (χ4n) is 3.32. The summed E-state index contributed by atoms with van der Waals surface area (Å²) in [5.41, 5.74) is 1.28. The first-order chi connectivity index (χ1) is 10.7. The molecule has 1 amide bonds. The van der Waals surface area contributed by atoms with E-state index < -0.39 is 0 Å². The third-order valence-electron chi connectivity index (χ3n) is 4.88. The molecule has 0 aliphatic heterocycles. The quantitative estimate of drug-likeness (QED) is 0.751. The Hall–Kier alpha value is -1.39. The average Bonchev–Trinajstić information content (AvgIpc) is 3.30. The minimum absolute atomic E-state index is 0.163. The number of nitrogens with one attached hydrogen (secondary N) is 2. The van der Waals surface area contributed by atoms with E-state index in [1.165, 1.54) is 5.56 Å². The van der Waals surface area contributed by atoms with Crippen LogP contribution < -0.4 is 10.6 Å². The summed E-state index contributed by atoms with van der Waals surface area (Å²) in [7, 11) is 0. The number of aliphatic hydroxyl groups excluding tert-OH is 1. The second-order valence-corrected chi connectivity index (χ2v) is 6.73. The summed E-state index contributed by atoms with van der Waals surface area (Å²) in [4.78, 5) is 12.2. The molecule has 4 heteroatoms. The molecule has 0 radical (unpaired) electrons. The molecule has 2 aliphatic carbocycles. The number of rotatable bonds is 6. The number of hydrogen-bond acceptors (Lipinski definition) is 3. The van der Waals surface area contributed by atoms with Gasteiger partial charge in [-0.15, -0.1) is 0 Å². The molecular formula is C18H26N2O2. The molecule has 0 heterocycles. The van der Waals surface area contributed by atoms with Crippen LogP contribution in [0.4, 0.5) is 0 Å². The molecule has 0 spiro atoms. The van der Waals surface area contributed by atoms with Crippen molar-refractivity contribution in [3.05, 3.63) is 35.9 Å². The van der Waals surface area contributed by atoms with Crippen molar-refractivity contribution in [2.45, 2.75) is 50.8 Å². The third-order valence-corrected chi connectivity index (χ3v) is 4.88. The fraction of sp³-hybridized carbons (Fsp3) is 0.611. The van der Waals surface area contributed by atoms with Gasteiger partial charge >= 0.3 is 0 Å². The van der Waals surface area contributed by atoms with Crippen LogP contribution in [0.15, 0.2) is 30.3 Å². The molecule has 1 aromatic rings. The van der Waals surface area contributed by atoms with Crippen molar-refractivity contribution in [3.63, 3.8) is 0 Å². The third kappa shape index (κ3) is 4.31. The Morgan fingerprint density at radius 2 is 1.86 bits per heavy atom. The van der Waals surface area contributed by atoms with Crippen LogP contribution in [0.25, 0.3) is 0 Å². The highest BCUT2D eigenvalue weighted by Gasteiger charge is 2.43. The maximum atomic E-state index is 12.2. The van der Waals surface area contributed by atoms with Crippen molar-refractivity contribution < 1.29 is 9.90 Å². The van der Waals surface area contributed by atoms with Crippen molar-refractivity contribution in [1.29, 1.82) is 0 Å². The molecule has 0 bridgehead atoms. The molecule has 0 aromatic heterocycles. The number of benzene rings is 1. The lowest BCUT2D eigenvalue weighted by Crippen LogP contribution is -2.39. The van der Waals surface area contributed by atoms with E-state index >= 15 is 0 Å². The van der Waals surface area contributed by atoms with Crippen LogP contribution in [0.3, 0.4) is 0 Å². The highest BCUT2D eigenvalue weighted by molar-refractivity contribution is 5.81. The zero-order chi connectivity index (χ0) is 15.4. The van der Waals surface area contributed by atoms with E-state index in [1.54, 1.807) is 0 Å². The van der Waals surface area contributed by atoms with Gasteiger partial charge in [-0.1, -0.05) is 30.3 Å². The Morgan fingerprint density at radius 3 is 2.59 bits per heavy atom. The first-order valence-electron chi connectivity index (χ1n) is 8.45. The minimum Gasteiger partial charge on any atom is -0.393 e. The van der Waals surface area contributed by atoms with Crippen LogP contribution in [-0.4, -0.2) is 29.7 Å². The van der Waals surface area contributed by atoms with Crippen LogP contribution in [0, 0.1) is 11.8 Å². The first-order valence-corrected chi connectivity index (χ1v) is 8.45. The summed E-state index contributed by atoms with van der Waals surface area (Å²) in [6.07, 6.45) is 4.30. The molecule has 0 saturated heterocycles. The normalized spacial score (nSPS) is 30.8. The number of aliphatic hydroxyl groups is 1. The molecule has 2 fully saturated rings. The van der Waals surface area contributed by atoms with E-state index in [4.69, 9.17) is 0 Å². The van der Waals surface area contributed by atoms with E-state index in [0.717, 1.165) is 45.2 Å². The lowest BCUT2D eigenvalue weighted by Gasteiger charge is -2.26. The van der Waals surface area contributed by atoms with Gasteiger partial charge in [0.05, 0.1) is 6.10 Å². The van der Waals surface area contributed by atoms with E-state index in [0.29, 0.717) is 5.92 Å². The molecule has 2 aliphatic rings. The molecular weight excluding hydrogens is 276 g/mol. The second kappa shape index (κ2) is 7.25. The Bertz CT molecular complexity index is 483. The molecule has 120 valence electrons. The molecule has 1 aromatic carbocycles. The monoisotopic (exact) mass is 302 g/mol. The molecule has 2 atom stereocenters. The summed E-state index contributed by atoms with van der Waals surface area (Å²) < 4.78 is 0. The van der Waals surface area contributed by atoms with Gasteiger partial charge in [-0.2, -0.15) is 0 Å². The van der Waals surface area contributed by atoms with Gasteiger partial charge in [0.25, 0.3) is 0 Å². The highest BCUT2D eigenvalue weighted by Crippen LogP contribution is 2.38. The lowest BCUT2D eigenvalue weighted by atomic mass is 9.93. The van der Waals surface area contributed by atoms with Crippen molar-refractivity contribution in [2.24, 2.45) is 11.8 Å². The average molecular weight is 302 g/mol. The Labute approximate surface area is 132 Å². The molecule has 3 N–H and O–H groups in total. The maximum Gasteiger partial charge on any atom is 0.223 e. The predicted octanol–water partition coefficient (Wildman–Crippen LogP) is 1.83. The fourth-order valence-corrected chi connectivity index (χ4v) is 3.32. The number of carbonyl (C=O) groups excluding carboxylic acids is 1. The van der Waals surface area contributed by atoms with Crippen LogP contribution >= 0.6 is 0 Å². The first kappa shape index (κ1) is 15.5. The zero-order valence-corrected chi connectivity index (χ0v) is 13.0. The van der Waals surface area contributed by atoms with Gasteiger partial charge in [0.15, 0.2) is 0 Å². The number of amides is 1. The van der Waals surface area contributed by atoms with Gasteiger partial charge in [0.2, 0.25) is 5.91 Å². The van der Waals surface area contributed by atoms with E-state index in [2.05, 4.69) is 22.8 Å². The highest BCUT2D eigenvalue weighted by atomic mass is 16.3. The van der Waals surface area contributed by atoms with E-state index in [-0.39, 0.29) is 24.0 Å². The SMILES string of the molecule is O=C(NC1CCC(O)CC1)C1CC1CNCc1ccccc1. The number of hydrogen-bond donors (Lipinski definition) is 3. The molecule has 3 rings (SSSR count). The van der Waals surface area contributed by atoms with Gasteiger partial charge in [0, 0.05) is 18.5 Å². The molecule has 2 saturated carbocycles. The molecule has 4 nitrogen and oxygen atoms in total. The lowest BCUT2D eigenvalue weighted by molar-refractivity contribution is -0.123. The van der Waals surface area contributed by atoms with E-state index in [1.807, 2.05) is 18.2 Å². The topological polar surface area (TPSA) is 61.4 Å². The van der Waals surface area contributed by atoms with Crippen molar-refractivity contribution >= 4 is 5.91 Å². The zero-order valence-electron chi connectivity index (χ0n) is 13.0. The smallest absolute Gasteiger partial charge is 0.223 e. The van der Waals surface area contributed by atoms with Crippen LogP contribution in [0.1, 0.15) is 37.7 Å². The summed E-state index contributed by atoms with van der Waals surface area (Å²) in [5, 5.41) is 16.1. The summed E-state index contributed by atoms with van der Waals surface area (Å²) in [5.74, 6) is 0.890. The van der Waals surface area contributed by atoms with Gasteiger partial charge in [-0.25, -0.2) is 0 Å². The van der Waals surface area contributed by atoms with Gasteiger partial charge in [-0.3, -0.25) is 4.79 Å². The summed E-state index contributed by atoms with van der Waals surface area (Å²) in [6, 6.07) is 10.6. The van der Waals surface area contributed by atoms with Gasteiger partial charge in [-0.05, 0) is 50.1 Å². The Balaban J connectivity index is 1.32. The van der Waals surface area contributed by atoms with Crippen molar-refractivity contribution in [2.75, 3.05) is 6.54 Å². The summed E-state index contributed by atoms with van der Waals surface area (Å²) >= 11 is 0. The van der Waals surface area contributed by atoms with Crippen LogP contribution in [0.2, 0.25) is 0 Å². The summed E-state index contributed by atoms with van der Waals surface area (Å²) in [6.45, 7) is 1.78. The van der Waals surface area contributed by atoms with Crippen LogP contribution in [0.5, 0.6) is 0 Å². The molecule has 2 unspecified atom stereocenters. The second-order valence-electron chi connectivity index (χ2n) is 6.73.